The quantitative estimate of drug-likeness (QED) is 0.877. The predicted molar refractivity (Wildman–Crippen MR) is 85.1 cm³/mol. The van der Waals surface area contributed by atoms with E-state index in [1.165, 1.54) is 0 Å². The summed E-state index contributed by atoms with van der Waals surface area (Å²) in [6, 6.07) is 4.93. The maximum atomic E-state index is 12.7. The Balaban J connectivity index is 2.26. The Bertz CT molecular complexity index is 552. The lowest BCUT2D eigenvalue weighted by Crippen LogP contribution is -2.47. The molecule has 0 aliphatic carbocycles. The van der Waals surface area contributed by atoms with Crippen molar-refractivity contribution in [3.8, 4) is 5.75 Å². The summed E-state index contributed by atoms with van der Waals surface area (Å²) in [7, 11) is 1.54. The van der Waals surface area contributed by atoms with Gasteiger partial charge in [-0.15, -0.1) is 0 Å². The summed E-state index contributed by atoms with van der Waals surface area (Å²) < 4.78 is 5.83. The predicted octanol–water partition coefficient (Wildman–Crippen LogP) is 2.49. The number of thioether (sulfide) groups is 1. The number of amides is 1. The number of hydrogen-bond acceptors (Lipinski definition) is 4. The largest absolute Gasteiger partial charge is 0.497 e. The first kappa shape index (κ1) is 16.2. The molecular weight excluding hydrogens is 358 g/mol. The van der Waals surface area contributed by atoms with E-state index in [1.807, 2.05) is 0 Å². The molecule has 1 atom stereocenters. The maximum absolute atomic E-state index is 12.7. The molecular formula is C14H16BrNO4S. The van der Waals surface area contributed by atoms with E-state index in [2.05, 4.69) is 15.9 Å². The fourth-order valence-corrected chi connectivity index (χ4v) is 3.72. The van der Waals surface area contributed by atoms with Crippen molar-refractivity contribution < 1.29 is 19.4 Å². The maximum Gasteiger partial charge on any atom is 0.305 e. The molecule has 1 amide bonds. The number of nitrogens with zero attached hydrogens (tertiary/aromatic N) is 1. The topological polar surface area (TPSA) is 66.8 Å². The van der Waals surface area contributed by atoms with Crippen LogP contribution in [0, 0.1) is 0 Å². The van der Waals surface area contributed by atoms with Crippen molar-refractivity contribution in [1.82, 2.24) is 4.90 Å². The number of benzene rings is 1. The number of hydrogen-bond donors (Lipinski definition) is 1. The number of aliphatic carboxylic acids is 1. The van der Waals surface area contributed by atoms with Crippen molar-refractivity contribution in [1.29, 1.82) is 0 Å². The van der Waals surface area contributed by atoms with Crippen LogP contribution in [0.5, 0.6) is 5.75 Å². The number of methoxy groups -OCH3 is 1. The highest BCUT2D eigenvalue weighted by Gasteiger charge is 2.30. The normalized spacial score (nSPS) is 18.4. The van der Waals surface area contributed by atoms with Crippen LogP contribution < -0.4 is 4.74 Å². The molecule has 1 fully saturated rings. The number of carboxylic acid groups (broad SMARTS) is 1. The molecule has 114 valence electrons. The zero-order valence-corrected chi connectivity index (χ0v) is 13.9. The smallest absolute Gasteiger partial charge is 0.305 e. The van der Waals surface area contributed by atoms with E-state index in [0.717, 1.165) is 5.75 Å². The van der Waals surface area contributed by atoms with E-state index in [-0.39, 0.29) is 18.4 Å². The Morgan fingerprint density at radius 2 is 2.29 bits per heavy atom. The minimum absolute atomic E-state index is 0.0275. The lowest BCUT2D eigenvalue weighted by Gasteiger charge is -2.35. The van der Waals surface area contributed by atoms with E-state index in [0.29, 0.717) is 28.1 Å². The van der Waals surface area contributed by atoms with Gasteiger partial charge in [-0.1, -0.05) is 0 Å². The average Bonchev–Trinajstić information content (AvgIpc) is 2.47. The van der Waals surface area contributed by atoms with Gasteiger partial charge >= 0.3 is 5.97 Å². The first-order valence-corrected chi connectivity index (χ1v) is 8.41. The highest BCUT2D eigenvalue weighted by Crippen LogP contribution is 2.27. The lowest BCUT2D eigenvalue weighted by atomic mass is 10.1. The van der Waals surface area contributed by atoms with Crippen LogP contribution in [0.3, 0.4) is 0 Å². The van der Waals surface area contributed by atoms with Gasteiger partial charge in [0.15, 0.2) is 0 Å². The minimum atomic E-state index is -0.884. The molecule has 0 spiro atoms. The lowest BCUT2D eigenvalue weighted by molar-refractivity contribution is -0.138. The Morgan fingerprint density at radius 3 is 2.95 bits per heavy atom. The number of rotatable bonds is 4. The summed E-state index contributed by atoms with van der Waals surface area (Å²) >= 11 is 5.05. The molecule has 1 aliphatic heterocycles. The number of ether oxygens (including phenoxy) is 1. The molecule has 0 saturated carbocycles. The van der Waals surface area contributed by atoms with E-state index < -0.39 is 5.97 Å². The van der Waals surface area contributed by atoms with Crippen molar-refractivity contribution in [2.45, 2.75) is 12.5 Å². The first-order chi connectivity index (χ1) is 10.0. The number of halogens is 1. The summed E-state index contributed by atoms with van der Waals surface area (Å²) in [6.07, 6.45) is -0.0275. The zero-order valence-electron chi connectivity index (χ0n) is 11.5. The van der Waals surface area contributed by atoms with Gasteiger partial charge in [0, 0.05) is 22.5 Å². The van der Waals surface area contributed by atoms with Crippen molar-refractivity contribution in [3.63, 3.8) is 0 Å². The van der Waals surface area contributed by atoms with Gasteiger partial charge in [-0.05, 0) is 34.1 Å². The van der Waals surface area contributed by atoms with E-state index in [9.17, 15) is 9.59 Å². The monoisotopic (exact) mass is 373 g/mol. The molecule has 1 aliphatic rings. The third-order valence-electron chi connectivity index (χ3n) is 3.30. The van der Waals surface area contributed by atoms with Crippen LogP contribution in [0.1, 0.15) is 16.8 Å². The Kier molecular flexibility index (Phi) is 5.52. The second-order valence-corrected chi connectivity index (χ2v) is 6.68. The number of carboxylic acids is 1. The molecule has 0 aromatic heterocycles. The minimum Gasteiger partial charge on any atom is -0.497 e. The molecule has 1 saturated heterocycles. The van der Waals surface area contributed by atoms with E-state index in [1.54, 1.807) is 42.0 Å². The Hall–Kier alpha value is -1.21. The molecule has 2 rings (SSSR count). The summed E-state index contributed by atoms with van der Waals surface area (Å²) in [5.74, 6) is 1.03. The molecule has 1 aromatic rings. The molecule has 21 heavy (non-hydrogen) atoms. The SMILES string of the molecule is COc1ccc(Br)c(C(=O)N2CCSCC2CC(=O)O)c1. The van der Waals surface area contributed by atoms with E-state index >= 15 is 0 Å². The van der Waals surface area contributed by atoms with Gasteiger partial charge in [0.2, 0.25) is 0 Å². The summed E-state index contributed by atoms with van der Waals surface area (Å²) in [6.45, 7) is 0.561. The van der Waals surface area contributed by atoms with Gasteiger partial charge in [-0.2, -0.15) is 11.8 Å². The van der Waals surface area contributed by atoms with Crippen molar-refractivity contribution in [2.75, 3.05) is 25.2 Å². The van der Waals surface area contributed by atoms with Crippen LogP contribution in [0.15, 0.2) is 22.7 Å². The summed E-state index contributed by atoms with van der Waals surface area (Å²) in [5.41, 5.74) is 0.497. The standard InChI is InChI=1S/C14H16BrNO4S/c1-20-10-2-3-12(15)11(7-10)14(19)16-4-5-21-8-9(16)6-13(17)18/h2-3,7,9H,4-6,8H2,1H3,(H,17,18). The second-order valence-electron chi connectivity index (χ2n) is 4.67. The molecule has 5 nitrogen and oxygen atoms in total. The molecule has 0 radical (unpaired) electrons. The van der Waals surface area contributed by atoms with Gasteiger partial charge < -0.3 is 14.7 Å². The Morgan fingerprint density at radius 1 is 1.52 bits per heavy atom. The van der Waals surface area contributed by atoms with E-state index in [4.69, 9.17) is 9.84 Å². The molecule has 1 aromatic carbocycles. The van der Waals surface area contributed by atoms with Crippen LogP contribution in [-0.2, 0) is 4.79 Å². The highest BCUT2D eigenvalue weighted by molar-refractivity contribution is 9.10. The summed E-state index contributed by atoms with van der Waals surface area (Å²) in [4.78, 5) is 25.3. The molecule has 7 heteroatoms. The van der Waals surface area contributed by atoms with Crippen LogP contribution in [-0.4, -0.2) is 53.1 Å². The number of carbonyl (C=O) groups is 2. The van der Waals surface area contributed by atoms with Crippen molar-refractivity contribution in [3.05, 3.63) is 28.2 Å². The summed E-state index contributed by atoms with van der Waals surface area (Å²) in [5, 5.41) is 9.00. The second kappa shape index (κ2) is 7.17. The van der Waals surface area contributed by atoms with Gasteiger partial charge in [-0.25, -0.2) is 0 Å². The molecule has 1 heterocycles. The fraction of sp³-hybridized carbons (Fsp3) is 0.429. The van der Waals surface area contributed by atoms with Crippen LogP contribution in [0.25, 0.3) is 0 Å². The number of carbonyl (C=O) groups excluding carboxylic acids is 1. The van der Waals surface area contributed by atoms with Crippen molar-refractivity contribution >= 4 is 39.6 Å². The third kappa shape index (κ3) is 3.91. The van der Waals surface area contributed by atoms with Gasteiger partial charge in [-0.3, -0.25) is 9.59 Å². The fourth-order valence-electron chi connectivity index (χ4n) is 2.24. The van der Waals surface area contributed by atoms with Crippen LogP contribution >= 0.6 is 27.7 Å². The zero-order chi connectivity index (χ0) is 15.4. The molecule has 1 N–H and O–H groups in total. The van der Waals surface area contributed by atoms with Crippen molar-refractivity contribution in [2.24, 2.45) is 0 Å². The highest BCUT2D eigenvalue weighted by atomic mass is 79.9. The third-order valence-corrected chi connectivity index (χ3v) is 5.09. The van der Waals surface area contributed by atoms with Gasteiger partial charge in [0.1, 0.15) is 5.75 Å². The Labute approximate surface area is 135 Å². The first-order valence-electron chi connectivity index (χ1n) is 6.47. The molecule has 0 bridgehead atoms. The van der Waals surface area contributed by atoms with Crippen LogP contribution in [0.2, 0.25) is 0 Å². The van der Waals surface area contributed by atoms with Gasteiger partial charge in [0.05, 0.1) is 25.1 Å². The van der Waals surface area contributed by atoms with Crippen LogP contribution in [0.4, 0.5) is 0 Å². The molecule has 1 unspecified atom stereocenters. The van der Waals surface area contributed by atoms with Gasteiger partial charge in [0.25, 0.3) is 5.91 Å². The average molecular weight is 374 g/mol.